The van der Waals surface area contributed by atoms with E-state index in [4.69, 9.17) is 0 Å². The van der Waals surface area contributed by atoms with Crippen LogP contribution in [-0.4, -0.2) is 40.0 Å². The largest absolute Gasteiger partial charge is 0.356 e. The summed E-state index contributed by atoms with van der Waals surface area (Å²) in [7, 11) is 0. The highest BCUT2D eigenvalue weighted by Crippen LogP contribution is 2.16. The number of hydrogen-bond acceptors (Lipinski definition) is 4. The normalized spacial score (nSPS) is 16.8. The van der Waals surface area contributed by atoms with Gasteiger partial charge in [0.2, 0.25) is 5.91 Å². The first-order valence-corrected chi connectivity index (χ1v) is 8.40. The summed E-state index contributed by atoms with van der Waals surface area (Å²) in [5.74, 6) is 0.411. The number of para-hydroxylation sites is 2. The fourth-order valence-electron chi connectivity index (χ4n) is 3.01. The Balaban J connectivity index is 1.49. The number of hydrogen-bond donors (Lipinski definition) is 3. The molecular formula is C17H21N5O3. The number of carbonyl (C=O) groups excluding carboxylic acids is 3. The summed E-state index contributed by atoms with van der Waals surface area (Å²) in [6.45, 7) is 3.36. The number of imidazole rings is 1. The number of amides is 4. The first-order chi connectivity index (χ1) is 12.1. The second kappa shape index (κ2) is 7.33. The van der Waals surface area contributed by atoms with E-state index in [0.29, 0.717) is 13.0 Å². The van der Waals surface area contributed by atoms with Gasteiger partial charge in [-0.25, -0.2) is 9.78 Å². The maximum atomic E-state index is 11.9. The second-order valence-corrected chi connectivity index (χ2v) is 5.91. The van der Waals surface area contributed by atoms with Gasteiger partial charge in [-0.05, 0) is 25.5 Å². The summed E-state index contributed by atoms with van der Waals surface area (Å²) >= 11 is 0. The third kappa shape index (κ3) is 3.78. The Hall–Kier alpha value is -2.90. The molecule has 1 aliphatic heterocycles. The summed E-state index contributed by atoms with van der Waals surface area (Å²) in [6.07, 6.45) is 1.11. The van der Waals surface area contributed by atoms with E-state index in [1.165, 1.54) is 0 Å². The van der Waals surface area contributed by atoms with Crippen molar-refractivity contribution in [1.29, 1.82) is 0 Å². The topological polar surface area (TPSA) is 105 Å². The standard InChI is InChI=1S/C17H21N5O3/c1-2-22-13-6-4-3-5-11(13)19-14(22)9-10-18-15(23)8-7-12-16(24)21-17(25)20-12/h3-6,12H,2,7-10H2,1H3,(H,18,23)(H2,20,21,24,25)/t12-/m1/s1. The van der Waals surface area contributed by atoms with Gasteiger partial charge in [-0.1, -0.05) is 12.1 Å². The van der Waals surface area contributed by atoms with Crippen molar-refractivity contribution in [3.05, 3.63) is 30.1 Å². The van der Waals surface area contributed by atoms with Crippen molar-refractivity contribution in [1.82, 2.24) is 25.5 Å². The van der Waals surface area contributed by atoms with E-state index in [1.807, 2.05) is 24.3 Å². The number of aromatic nitrogens is 2. The molecule has 1 aromatic carbocycles. The van der Waals surface area contributed by atoms with Crippen LogP contribution in [0.5, 0.6) is 0 Å². The van der Waals surface area contributed by atoms with Crippen LogP contribution in [0.15, 0.2) is 24.3 Å². The molecule has 3 N–H and O–H groups in total. The molecule has 1 saturated heterocycles. The van der Waals surface area contributed by atoms with Crippen LogP contribution >= 0.6 is 0 Å². The molecule has 0 bridgehead atoms. The Morgan fingerprint density at radius 3 is 2.84 bits per heavy atom. The average Bonchev–Trinajstić information content (AvgIpc) is 3.11. The average molecular weight is 343 g/mol. The molecule has 8 heteroatoms. The zero-order valence-electron chi connectivity index (χ0n) is 14.0. The SMILES string of the molecule is CCn1c(CCNC(=O)CC[C@H]2NC(=O)NC2=O)nc2ccccc21. The van der Waals surface area contributed by atoms with E-state index in [9.17, 15) is 14.4 Å². The molecule has 8 nitrogen and oxygen atoms in total. The quantitative estimate of drug-likeness (QED) is 0.644. The second-order valence-electron chi connectivity index (χ2n) is 5.91. The number of rotatable bonds is 7. The summed E-state index contributed by atoms with van der Waals surface area (Å²) in [5.41, 5.74) is 2.04. The Morgan fingerprint density at radius 2 is 2.12 bits per heavy atom. The molecule has 0 aliphatic carbocycles. The van der Waals surface area contributed by atoms with Crippen LogP contribution in [0.2, 0.25) is 0 Å². The summed E-state index contributed by atoms with van der Waals surface area (Å²) in [6, 6.07) is 6.83. The molecule has 1 aromatic heterocycles. The van der Waals surface area contributed by atoms with Crippen molar-refractivity contribution in [2.75, 3.05) is 6.54 Å². The fraction of sp³-hybridized carbons (Fsp3) is 0.412. The van der Waals surface area contributed by atoms with E-state index in [-0.39, 0.29) is 24.7 Å². The van der Waals surface area contributed by atoms with Gasteiger partial charge >= 0.3 is 6.03 Å². The number of urea groups is 1. The van der Waals surface area contributed by atoms with Crippen LogP contribution in [-0.2, 0) is 22.6 Å². The van der Waals surface area contributed by atoms with Crippen LogP contribution in [0.4, 0.5) is 4.79 Å². The molecule has 0 unspecified atom stereocenters. The van der Waals surface area contributed by atoms with E-state index in [1.54, 1.807) is 0 Å². The number of nitrogens with zero attached hydrogens (tertiary/aromatic N) is 2. The van der Waals surface area contributed by atoms with Gasteiger partial charge in [0.1, 0.15) is 11.9 Å². The van der Waals surface area contributed by atoms with Gasteiger partial charge < -0.3 is 15.2 Å². The Bertz CT molecular complexity index is 814. The van der Waals surface area contributed by atoms with Gasteiger partial charge in [0, 0.05) is 25.9 Å². The van der Waals surface area contributed by atoms with Crippen LogP contribution in [0.25, 0.3) is 11.0 Å². The molecule has 0 spiro atoms. The van der Waals surface area contributed by atoms with E-state index >= 15 is 0 Å². The lowest BCUT2D eigenvalue weighted by molar-refractivity contribution is -0.122. The van der Waals surface area contributed by atoms with Crippen molar-refractivity contribution in [3.8, 4) is 0 Å². The number of nitrogens with one attached hydrogen (secondary N) is 3. The monoisotopic (exact) mass is 343 g/mol. The van der Waals surface area contributed by atoms with Crippen molar-refractivity contribution in [3.63, 3.8) is 0 Å². The number of carbonyl (C=O) groups is 3. The van der Waals surface area contributed by atoms with Crippen molar-refractivity contribution in [2.24, 2.45) is 0 Å². The van der Waals surface area contributed by atoms with Gasteiger partial charge in [0.25, 0.3) is 5.91 Å². The van der Waals surface area contributed by atoms with Crippen LogP contribution in [0, 0.1) is 0 Å². The highest BCUT2D eigenvalue weighted by molar-refractivity contribution is 6.04. The highest BCUT2D eigenvalue weighted by Gasteiger charge is 2.29. The lowest BCUT2D eigenvalue weighted by Crippen LogP contribution is -2.32. The molecule has 0 radical (unpaired) electrons. The molecule has 2 heterocycles. The predicted molar refractivity (Wildman–Crippen MR) is 91.8 cm³/mol. The number of benzene rings is 1. The highest BCUT2D eigenvalue weighted by atomic mass is 16.2. The van der Waals surface area contributed by atoms with Gasteiger partial charge in [0.15, 0.2) is 0 Å². The molecule has 2 aromatic rings. The summed E-state index contributed by atoms with van der Waals surface area (Å²) < 4.78 is 2.14. The minimum atomic E-state index is -0.623. The Morgan fingerprint density at radius 1 is 1.32 bits per heavy atom. The minimum Gasteiger partial charge on any atom is -0.356 e. The molecule has 4 amide bonds. The number of fused-ring (bicyclic) bond motifs is 1. The summed E-state index contributed by atoms with van der Waals surface area (Å²) in [5, 5.41) is 7.47. The molecule has 1 aliphatic rings. The molecule has 3 rings (SSSR count). The van der Waals surface area contributed by atoms with Gasteiger partial charge in [-0.3, -0.25) is 14.9 Å². The van der Waals surface area contributed by atoms with Crippen molar-refractivity contribution in [2.45, 2.75) is 38.8 Å². The molecule has 132 valence electrons. The lowest BCUT2D eigenvalue weighted by Gasteiger charge is -2.09. The lowest BCUT2D eigenvalue weighted by atomic mass is 10.1. The molecule has 1 fully saturated rings. The third-order valence-electron chi connectivity index (χ3n) is 4.24. The summed E-state index contributed by atoms with van der Waals surface area (Å²) in [4.78, 5) is 39.0. The first kappa shape index (κ1) is 16.9. The van der Waals surface area contributed by atoms with Crippen LogP contribution < -0.4 is 16.0 Å². The third-order valence-corrected chi connectivity index (χ3v) is 4.24. The molecule has 25 heavy (non-hydrogen) atoms. The molecule has 1 atom stereocenters. The molecular weight excluding hydrogens is 322 g/mol. The number of imide groups is 1. The molecule has 0 saturated carbocycles. The van der Waals surface area contributed by atoms with Gasteiger partial charge in [0.05, 0.1) is 11.0 Å². The maximum absolute atomic E-state index is 11.9. The minimum absolute atomic E-state index is 0.145. The van der Waals surface area contributed by atoms with E-state index < -0.39 is 12.1 Å². The Kier molecular flexibility index (Phi) is 4.97. The number of aryl methyl sites for hydroxylation is 1. The van der Waals surface area contributed by atoms with Crippen LogP contribution in [0.3, 0.4) is 0 Å². The van der Waals surface area contributed by atoms with Crippen molar-refractivity contribution < 1.29 is 14.4 Å². The predicted octanol–water partition coefficient (Wildman–Crippen LogP) is 0.703. The first-order valence-electron chi connectivity index (χ1n) is 8.40. The Labute approximate surface area is 145 Å². The smallest absolute Gasteiger partial charge is 0.322 e. The van der Waals surface area contributed by atoms with E-state index in [0.717, 1.165) is 23.4 Å². The van der Waals surface area contributed by atoms with Crippen LogP contribution in [0.1, 0.15) is 25.6 Å². The van der Waals surface area contributed by atoms with E-state index in [2.05, 4.69) is 32.4 Å². The van der Waals surface area contributed by atoms with Gasteiger partial charge in [-0.2, -0.15) is 0 Å². The maximum Gasteiger partial charge on any atom is 0.322 e. The zero-order valence-corrected chi connectivity index (χ0v) is 14.0. The fourth-order valence-corrected chi connectivity index (χ4v) is 3.01. The van der Waals surface area contributed by atoms with Crippen molar-refractivity contribution >= 4 is 28.9 Å². The zero-order chi connectivity index (χ0) is 17.8. The van der Waals surface area contributed by atoms with Gasteiger partial charge in [-0.15, -0.1) is 0 Å².